The van der Waals surface area contributed by atoms with Crippen molar-refractivity contribution in [2.45, 2.75) is 32.3 Å². The summed E-state index contributed by atoms with van der Waals surface area (Å²) in [7, 11) is 1.19. The molecule has 1 amide bonds. The number of nitrogens with zero attached hydrogens (tertiary/aromatic N) is 2. The van der Waals surface area contributed by atoms with Crippen LogP contribution >= 0.6 is 0 Å². The van der Waals surface area contributed by atoms with E-state index in [2.05, 4.69) is 0 Å². The molecular weight excluding hydrogens is 390 g/mol. The first-order valence-corrected chi connectivity index (χ1v) is 9.18. The average molecular weight is 411 g/mol. The quantitative estimate of drug-likeness (QED) is 0.732. The maximum absolute atomic E-state index is 13.8. The number of rotatable bonds is 4. The second-order valence-electron chi connectivity index (χ2n) is 7.08. The van der Waals surface area contributed by atoms with Crippen LogP contribution in [-0.2, 0) is 29.3 Å². The van der Waals surface area contributed by atoms with E-state index < -0.39 is 35.9 Å². The van der Waals surface area contributed by atoms with E-state index in [4.69, 9.17) is 19.9 Å². The Morgan fingerprint density at radius 2 is 2.00 bits per heavy atom. The number of amides is 1. The van der Waals surface area contributed by atoms with Crippen molar-refractivity contribution >= 4 is 17.8 Å². The van der Waals surface area contributed by atoms with E-state index in [0.29, 0.717) is 0 Å². The summed E-state index contributed by atoms with van der Waals surface area (Å²) < 4.78 is 15.6. The van der Waals surface area contributed by atoms with Crippen molar-refractivity contribution in [3.63, 3.8) is 0 Å². The van der Waals surface area contributed by atoms with Gasteiger partial charge in [0.15, 0.2) is 5.41 Å². The Kier molecular flexibility index (Phi) is 5.27. The van der Waals surface area contributed by atoms with Crippen LogP contribution in [0.5, 0.6) is 5.75 Å². The number of allylic oxidation sites excluding steroid dienone is 1. The normalized spacial score (nSPS) is 20.3. The molecule has 0 radical (unpaired) electrons. The van der Waals surface area contributed by atoms with Gasteiger partial charge in [0.2, 0.25) is 11.8 Å². The largest absolute Gasteiger partial charge is 0.468 e. The van der Waals surface area contributed by atoms with Crippen molar-refractivity contribution in [3.05, 3.63) is 52.6 Å². The van der Waals surface area contributed by atoms with Crippen molar-refractivity contribution in [1.82, 2.24) is 4.90 Å². The minimum atomic E-state index is -1.89. The Hall–Kier alpha value is -3.80. The van der Waals surface area contributed by atoms with Crippen LogP contribution < -0.4 is 10.5 Å². The summed E-state index contributed by atoms with van der Waals surface area (Å²) >= 11 is 0. The molecule has 0 aromatic heterocycles. The van der Waals surface area contributed by atoms with Gasteiger partial charge in [-0.1, -0.05) is 18.2 Å². The number of nitriles is 1. The van der Waals surface area contributed by atoms with Crippen molar-refractivity contribution in [3.8, 4) is 11.8 Å². The Morgan fingerprint density at radius 1 is 1.33 bits per heavy atom. The van der Waals surface area contributed by atoms with Gasteiger partial charge in [0.1, 0.15) is 23.9 Å². The van der Waals surface area contributed by atoms with Crippen LogP contribution in [0.4, 0.5) is 0 Å². The third-order valence-electron chi connectivity index (χ3n) is 5.01. The Morgan fingerprint density at radius 3 is 2.60 bits per heavy atom. The van der Waals surface area contributed by atoms with Gasteiger partial charge in [-0.3, -0.25) is 9.59 Å². The Labute approximate surface area is 173 Å². The molecule has 156 valence electrons. The molecule has 1 spiro atoms. The number of carbonyl (C=O) groups excluding carboxylic acids is 3. The third-order valence-corrected chi connectivity index (χ3v) is 5.01. The molecule has 1 aromatic carbocycles. The molecule has 2 N–H and O–H groups in total. The molecule has 0 bridgehead atoms. The fraction of sp³-hybridized carbons (Fsp3) is 0.333. The van der Waals surface area contributed by atoms with Gasteiger partial charge in [0.25, 0.3) is 0 Å². The average Bonchev–Trinajstić information content (AvgIpc) is 2.90. The van der Waals surface area contributed by atoms with Gasteiger partial charge in [-0.2, -0.15) is 5.26 Å². The van der Waals surface area contributed by atoms with Crippen LogP contribution in [0.25, 0.3) is 0 Å². The zero-order valence-electron chi connectivity index (χ0n) is 17.0. The minimum absolute atomic E-state index is 0.0830. The van der Waals surface area contributed by atoms with Gasteiger partial charge in [-0.05, 0) is 26.8 Å². The third kappa shape index (κ3) is 2.88. The lowest BCUT2D eigenvalue weighted by Gasteiger charge is -2.35. The van der Waals surface area contributed by atoms with E-state index in [1.807, 2.05) is 6.07 Å². The summed E-state index contributed by atoms with van der Waals surface area (Å²) in [6, 6.07) is 8.41. The zero-order chi connectivity index (χ0) is 22.2. The molecule has 30 heavy (non-hydrogen) atoms. The van der Waals surface area contributed by atoms with Gasteiger partial charge >= 0.3 is 11.9 Å². The lowest BCUT2D eigenvalue weighted by atomic mass is 9.68. The fourth-order valence-corrected chi connectivity index (χ4v) is 3.80. The Bertz CT molecular complexity index is 1050. The van der Waals surface area contributed by atoms with Gasteiger partial charge < -0.3 is 24.8 Å². The van der Waals surface area contributed by atoms with Crippen molar-refractivity contribution in [2.75, 3.05) is 13.7 Å². The molecule has 1 aromatic rings. The number of ether oxygens (including phenoxy) is 3. The van der Waals surface area contributed by atoms with Crippen molar-refractivity contribution in [2.24, 2.45) is 5.73 Å². The Balaban J connectivity index is 2.37. The molecule has 1 unspecified atom stereocenters. The predicted molar refractivity (Wildman–Crippen MR) is 103 cm³/mol. The molecule has 0 saturated carbocycles. The summed E-state index contributed by atoms with van der Waals surface area (Å²) in [5, 5.41) is 9.91. The smallest absolute Gasteiger partial charge is 0.337 e. The maximum Gasteiger partial charge on any atom is 0.337 e. The van der Waals surface area contributed by atoms with Crippen LogP contribution in [0.3, 0.4) is 0 Å². The van der Waals surface area contributed by atoms with Gasteiger partial charge in [-0.25, -0.2) is 4.79 Å². The van der Waals surface area contributed by atoms with Crippen LogP contribution in [0.2, 0.25) is 0 Å². The maximum atomic E-state index is 13.8. The minimum Gasteiger partial charge on any atom is -0.468 e. The topological polar surface area (TPSA) is 132 Å². The molecule has 3 rings (SSSR count). The van der Waals surface area contributed by atoms with E-state index in [1.165, 1.54) is 14.0 Å². The summed E-state index contributed by atoms with van der Waals surface area (Å²) in [6.07, 6.45) is -0.485. The van der Waals surface area contributed by atoms with Crippen LogP contribution in [-0.4, -0.2) is 42.5 Å². The highest BCUT2D eigenvalue weighted by Crippen LogP contribution is 2.53. The number of benzene rings is 1. The van der Waals surface area contributed by atoms with Crippen molar-refractivity contribution in [1.29, 1.82) is 5.26 Å². The van der Waals surface area contributed by atoms with E-state index >= 15 is 0 Å². The van der Waals surface area contributed by atoms with E-state index in [9.17, 15) is 19.6 Å². The van der Waals surface area contributed by atoms with Gasteiger partial charge in [0, 0.05) is 11.3 Å². The second-order valence-corrected chi connectivity index (χ2v) is 7.08. The molecule has 2 aliphatic heterocycles. The number of nitrogens with two attached hydrogens (primary N) is 1. The molecule has 2 aliphatic rings. The van der Waals surface area contributed by atoms with Crippen LogP contribution in [0.1, 0.15) is 26.3 Å². The number of methoxy groups -OCH3 is 1. The molecule has 0 fully saturated rings. The highest BCUT2D eigenvalue weighted by atomic mass is 16.5. The van der Waals surface area contributed by atoms with E-state index in [0.717, 1.165) is 4.90 Å². The number of carbonyl (C=O) groups is 3. The molecule has 2 heterocycles. The van der Waals surface area contributed by atoms with Crippen molar-refractivity contribution < 1.29 is 28.6 Å². The summed E-state index contributed by atoms with van der Waals surface area (Å²) in [6.45, 7) is 4.40. The standard InChI is InChI=1S/C21H21N3O6/c1-11(2)29-19(26)17-12(3)24(10-16(25)28-4)20(27)21(17)13-7-5-6-8-15(13)30-18(23)14(21)9-22/h5-8,11H,10,23H2,1-4H3. The number of hydrogen-bond acceptors (Lipinski definition) is 8. The van der Waals surface area contributed by atoms with E-state index in [-0.39, 0.29) is 34.0 Å². The molecule has 9 heteroatoms. The van der Waals surface area contributed by atoms with Crippen LogP contribution in [0, 0.1) is 11.3 Å². The molecule has 1 atom stereocenters. The van der Waals surface area contributed by atoms with E-state index in [1.54, 1.807) is 38.1 Å². The second kappa shape index (κ2) is 7.55. The number of fused-ring (bicyclic) bond motifs is 2. The highest BCUT2D eigenvalue weighted by Gasteiger charge is 2.62. The predicted octanol–water partition coefficient (Wildman–Crippen LogP) is 1.25. The summed E-state index contributed by atoms with van der Waals surface area (Å²) in [5.74, 6) is -2.24. The lowest BCUT2D eigenvalue weighted by Crippen LogP contribution is -2.48. The fourth-order valence-electron chi connectivity index (χ4n) is 3.80. The number of hydrogen-bond donors (Lipinski definition) is 1. The van der Waals surface area contributed by atoms with Gasteiger partial charge in [0.05, 0.1) is 18.8 Å². The zero-order valence-corrected chi connectivity index (χ0v) is 17.0. The van der Waals surface area contributed by atoms with Gasteiger partial charge in [-0.15, -0.1) is 0 Å². The lowest BCUT2D eigenvalue weighted by molar-refractivity contribution is -0.146. The molecule has 9 nitrogen and oxygen atoms in total. The first-order valence-electron chi connectivity index (χ1n) is 9.18. The first-order chi connectivity index (χ1) is 14.2. The molecule has 0 aliphatic carbocycles. The number of para-hydroxylation sites is 1. The molecule has 0 saturated heterocycles. The first kappa shape index (κ1) is 20.9. The summed E-state index contributed by atoms with van der Waals surface area (Å²) in [4.78, 5) is 40.0. The monoisotopic (exact) mass is 411 g/mol. The SMILES string of the molecule is COC(=O)CN1C(=O)C2(C(C#N)=C(N)Oc3ccccc32)C(C(=O)OC(C)C)=C1C. The molecular formula is C21H21N3O6. The summed E-state index contributed by atoms with van der Waals surface area (Å²) in [5.41, 5.74) is 4.23. The van der Waals surface area contributed by atoms with Crippen LogP contribution in [0.15, 0.2) is 47.0 Å². The number of esters is 2. The highest BCUT2D eigenvalue weighted by molar-refractivity contribution is 6.13.